The van der Waals surface area contributed by atoms with Crippen molar-refractivity contribution < 1.29 is 9.47 Å². The van der Waals surface area contributed by atoms with Crippen LogP contribution in [0.5, 0.6) is 0 Å². The standard InChI is InChI=1S/C12H18N4/c1-15(2)8-5-9-16-11-7-4-3-6-10(11)14-12(16)13/h3-4,6-7H,5,8-9H2,1-2H3,(H2,13,14)/p+2. The molecule has 0 saturated carbocycles. The Bertz CT molecular complexity index is 473. The summed E-state index contributed by atoms with van der Waals surface area (Å²) < 4.78 is 2.15. The van der Waals surface area contributed by atoms with E-state index >= 15 is 0 Å². The molecule has 0 atom stereocenters. The van der Waals surface area contributed by atoms with E-state index in [-0.39, 0.29) is 0 Å². The fourth-order valence-corrected chi connectivity index (χ4v) is 1.98. The number of benzene rings is 1. The van der Waals surface area contributed by atoms with Crippen molar-refractivity contribution in [3.63, 3.8) is 0 Å². The van der Waals surface area contributed by atoms with Crippen LogP contribution in [0.25, 0.3) is 11.0 Å². The Kier molecular flexibility index (Phi) is 3.10. The highest BCUT2D eigenvalue weighted by atomic mass is 15.2. The molecule has 2 rings (SSSR count). The molecular formula is C12H20N4+2. The molecule has 0 aliphatic carbocycles. The van der Waals surface area contributed by atoms with Crippen molar-refractivity contribution in [1.82, 2.24) is 4.98 Å². The van der Waals surface area contributed by atoms with Crippen molar-refractivity contribution in [1.29, 1.82) is 0 Å². The van der Waals surface area contributed by atoms with Gasteiger partial charge in [0.1, 0.15) is 11.0 Å². The first-order valence-electron chi connectivity index (χ1n) is 5.73. The minimum absolute atomic E-state index is 0.745. The third kappa shape index (κ3) is 2.17. The number of aryl methyl sites for hydroxylation is 1. The lowest BCUT2D eigenvalue weighted by molar-refractivity contribution is -0.861. The Labute approximate surface area is 95.7 Å². The number of hydrogen-bond acceptors (Lipinski definition) is 1. The Balaban J connectivity index is 2.19. The van der Waals surface area contributed by atoms with Gasteiger partial charge >= 0.3 is 5.95 Å². The molecule has 0 saturated heterocycles. The number of quaternary nitrogens is 1. The average molecular weight is 220 g/mol. The van der Waals surface area contributed by atoms with Crippen LogP contribution in [0.2, 0.25) is 0 Å². The lowest BCUT2D eigenvalue weighted by atomic mass is 10.3. The summed E-state index contributed by atoms with van der Waals surface area (Å²) in [4.78, 5) is 4.67. The number of rotatable bonds is 4. The van der Waals surface area contributed by atoms with Crippen molar-refractivity contribution in [3.8, 4) is 0 Å². The second kappa shape index (κ2) is 4.53. The zero-order chi connectivity index (χ0) is 11.5. The van der Waals surface area contributed by atoms with Gasteiger partial charge in [-0.05, 0) is 12.1 Å². The quantitative estimate of drug-likeness (QED) is 0.602. The summed E-state index contributed by atoms with van der Waals surface area (Å²) in [5, 5.41) is 0. The highest BCUT2D eigenvalue weighted by molar-refractivity contribution is 5.72. The van der Waals surface area contributed by atoms with Gasteiger partial charge in [0.25, 0.3) is 0 Å². The molecule has 0 radical (unpaired) electrons. The van der Waals surface area contributed by atoms with E-state index in [2.05, 4.69) is 35.8 Å². The van der Waals surface area contributed by atoms with Gasteiger partial charge in [0, 0.05) is 6.42 Å². The number of aromatic amines is 1. The minimum Gasteiger partial charge on any atom is -0.340 e. The van der Waals surface area contributed by atoms with Crippen LogP contribution >= 0.6 is 0 Å². The summed E-state index contributed by atoms with van der Waals surface area (Å²) in [6, 6.07) is 8.22. The number of para-hydroxylation sites is 2. The third-order valence-electron chi connectivity index (χ3n) is 2.81. The first kappa shape index (κ1) is 11.0. The molecule has 4 N–H and O–H groups in total. The van der Waals surface area contributed by atoms with Gasteiger partial charge in [-0.25, -0.2) is 9.55 Å². The molecule has 0 aliphatic rings. The zero-order valence-corrected chi connectivity index (χ0v) is 9.96. The van der Waals surface area contributed by atoms with Crippen LogP contribution in [0, 0.1) is 0 Å². The van der Waals surface area contributed by atoms with Crippen LogP contribution in [-0.2, 0) is 6.54 Å². The van der Waals surface area contributed by atoms with Gasteiger partial charge in [0.15, 0.2) is 0 Å². The molecule has 0 bridgehead atoms. The summed E-state index contributed by atoms with van der Waals surface area (Å²) in [6.07, 6.45) is 1.14. The third-order valence-corrected chi connectivity index (χ3v) is 2.81. The van der Waals surface area contributed by atoms with E-state index in [4.69, 9.17) is 5.73 Å². The van der Waals surface area contributed by atoms with E-state index in [0.717, 1.165) is 31.0 Å². The van der Waals surface area contributed by atoms with E-state index in [0.29, 0.717) is 0 Å². The molecule has 0 amide bonds. The second-order valence-electron chi connectivity index (χ2n) is 4.49. The second-order valence-corrected chi connectivity index (χ2v) is 4.49. The number of nitrogens with one attached hydrogen (secondary N) is 2. The van der Waals surface area contributed by atoms with Crippen LogP contribution in [0.15, 0.2) is 24.3 Å². The molecule has 0 fully saturated rings. The van der Waals surface area contributed by atoms with Gasteiger partial charge < -0.3 is 4.90 Å². The fourth-order valence-electron chi connectivity index (χ4n) is 1.98. The SMILES string of the molecule is C[NH+](C)CCC[n+]1c(N)[nH]c2ccccc21. The average Bonchev–Trinajstić information content (AvgIpc) is 2.55. The maximum Gasteiger partial charge on any atom is 0.353 e. The molecule has 16 heavy (non-hydrogen) atoms. The van der Waals surface area contributed by atoms with E-state index in [1.165, 1.54) is 10.4 Å². The van der Waals surface area contributed by atoms with Gasteiger partial charge in [-0.2, -0.15) is 0 Å². The topological polar surface area (TPSA) is 50.1 Å². The summed E-state index contributed by atoms with van der Waals surface area (Å²) in [5.41, 5.74) is 8.27. The molecule has 1 aromatic heterocycles. The molecule has 4 nitrogen and oxygen atoms in total. The molecule has 86 valence electrons. The molecule has 2 aromatic rings. The van der Waals surface area contributed by atoms with E-state index < -0.39 is 0 Å². The Morgan fingerprint density at radius 2 is 2.06 bits per heavy atom. The monoisotopic (exact) mass is 220 g/mol. The molecule has 0 unspecified atom stereocenters. The number of fused-ring (bicyclic) bond motifs is 1. The van der Waals surface area contributed by atoms with Gasteiger partial charge in [0.05, 0.1) is 27.2 Å². The minimum atomic E-state index is 0.745. The highest BCUT2D eigenvalue weighted by Gasteiger charge is 2.12. The van der Waals surface area contributed by atoms with Crippen molar-refractivity contribution in [2.45, 2.75) is 13.0 Å². The van der Waals surface area contributed by atoms with Crippen molar-refractivity contribution in [2.24, 2.45) is 0 Å². The molecule has 0 spiro atoms. The Morgan fingerprint density at radius 1 is 1.31 bits per heavy atom. The van der Waals surface area contributed by atoms with Crippen LogP contribution in [0.4, 0.5) is 5.95 Å². The summed E-state index contributed by atoms with van der Waals surface area (Å²) >= 11 is 0. The van der Waals surface area contributed by atoms with Crippen LogP contribution in [-0.4, -0.2) is 25.6 Å². The Hall–Kier alpha value is -1.55. The van der Waals surface area contributed by atoms with Crippen LogP contribution < -0.4 is 15.2 Å². The van der Waals surface area contributed by atoms with Crippen molar-refractivity contribution >= 4 is 17.0 Å². The van der Waals surface area contributed by atoms with Gasteiger partial charge in [0.2, 0.25) is 0 Å². The van der Waals surface area contributed by atoms with Gasteiger partial charge in [-0.15, -0.1) is 0 Å². The number of imidazole rings is 1. The van der Waals surface area contributed by atoms with Crippen molar-refractivity contribution in [2.75, 3.05) is 26.4 Å². The van der Waals surface area contributed by atoms with Gasteiger partial charge in [-0.3, -0.25) is 5.73 Å². The smallest absolute Gasteiger partial charge is 0.340 e. The number of hydrogen-bond donors (Lipinski definition) is 3. The summed E-state index contributed by atoms with van der Waals surface area (Å²) in [6.45, 7) is 2.13. The lowest BCUT2D eigenvalue weighted by Gasteiger charge is -2.06. The lowest BCUT2D eigenvalue weighted by Crippen LogP contribution is -3.05. The zero-order valence-electron chi connectivity index (χ0n) is 9.96. The fraction of sp³-hybridized carbons (Fsp3) is 0.417. The van der Waals surface area contributed by atoms with Gasteiger partial charge in [-0.1, -0.05) is 12.1 Å². The molecular weight excluding hydrogens is 200 g/mol. The summed E-state index contributed by atoms with van der Waals surface area (Å²) in [7, 11) is 4.34. The normalized spacial score (nSPS) is 11.4. The number of nitrogens with two attached hydrogens (primary N) is 1. The molecule has 4 heteroatoms. The predicted molar refractivity (Wildman–Crippen MR) is 65.2 cm³/mol. The van der Waals surface area contributed by atoms with E-state index in [9.17, 15) is 0 Å². The van der Waals surface area contributed by atoms with E-state index in [1.54, 1.807) is 0 Å². The number of nitrogens with zero attached hydrogens (tertiary/aromatic N) is 1. The first-order valence-corrected chi connectivity index (χ1v) is 5.73. The number of H-pyrrole nitrogens is 1. The maximum absolute atomic E-state index is 5.97. The molecule has 1 aromatic carbocycles. The molecule has 1 heterocycles. The number of nitrogen functional groups attached to an aromatic ring is 1. The predicted octanol–water partition coefficient (Wildman–Crippen LogP) is -0.428. The van der Waals surface area contributed by atoms with Crippen molar-refractivity contribution in [3.05, 3.63) is 24.3 Å². The molecule has 0 aliphatic heterocycles. The highest BCUT2D eigenvalue weighted by Crippen LogP contribution is 2.09. The number of aromatic nitrogens is 2. The van der Waals surface area contributed by atoms with Crippen LogP contribution in [0.1, 0.15) is 6.42 Å². The first-order chi connectivity index (χ1) is 7.68. The number of anilines is 1. The van der Waals surface area contributed by atoms with E-state index in [1.807, 2.05) is 12.1 Å². The summed E-state index contributed by atoms with van der Waals surface area (Å²) in [5.74, 6) is 0.745. The Morgan fingerprint density at radius 3 is 2.81 bits per heavy atom. The maximum atomic E-state index is 5.97. The largest absolute Gasteiger partial charge is 0.353 e. The van der Waals surface area contributed by atoms with Crippen LogP contribution in [0.3, 0.4) is 0 Å².